The lowest BCUT2D eigenvalue weighted by Gasteiger charge is -2.20. The van der Waals surface area contributed by atoms with Gasteiger partial charge in [-0.1, -0.05) is 0 Å². The second kappa shape index (κ2) is 4.26. The highest BCUT2D eigenvalue weighted by Crippen LogP contribution is 2.03. The van der Waals surface area contributed by atoms with E-state index in [-0.39, 0.29) is 6.17 Å². The van der Waals surface area contributed by atoms with E-state index in [4.69, 9.17) is 5.73 Å². The molecule has 0 amide bonds. The summed E-state index contributed by atoms with van der Waals surface area (Å²) >= 11 is 0. The fourth-order valence-electron chi connectivity index (χ4n) is 1.54. The molecule has 1 aliphatic heterocycles. The lowest BCUT2D eigenvalue weighted by molar-refractivity contribution is 0.663. The minimum absolute atomic E-state index is 0.0343. The molecule has 86 valence electrons. The number of nitrogens with one attached hydrogen (secondary N) is 3. The first-order valence-corrected chi connectivity index (χ1v) is 5.18. The summed E-state index contributed by atoms with van der Waals surface area (Å²) in [7, 11) is 0. The summed E-state index contributed by atoms with van der Waals surface area (Å²) in [6.45, 7) is 4.55. The molecule has 0 fully saturated rings. The highest BCUT2D eigenvalue weighted by atomic mass is 15.3. The van der Waals surface area contributed by atoms with Gasteiger partial charge in [-0.15, -0.1) is 0 Å². The molecule has 16 heavy (non-hydrogen) atoms. The summed E-state index contributed by atoms with van der Waals surface area (Å²) in [5.74, 6) is 1.06. The minimum Gasteiger partial charge on any atom is -0.370 e. The van der Waals surface area contributed by atoms with Crippen LogP contribution in [0.4, 0.5) is 0 Å². The Labute approximate surface area is 94.1 Å². The van der Waals surface area contributed by atoms with E-state index < -0.39 is 0 Å². The molecule has 2 rings (SSSR count). The van der Waals surface area contributed by atoms with E-state index in [9.17, 15) is 0 Å². The van der Waals surface area contributed by atoms with Crippen molar-refractivity contribution in [2.45, 2.75) is 26.6 Å². The quantitative estimate of drug-likeness (QED) is 0.567. The molecule has 6 nitrogen and oxygen atoms in total. The first-order valence-electron chi connectivity index (χ1n) is 5.18. The smallest absolute Gasteiger partial charge is 0.200 e. The normalized spacial score (nSPS) is 22.5. The Morgan fingerprint density at radius 1 is 1.56 bits per heavy atom. The van der Waals surface area contributed by atoms with Crippen LogP contribution in [0.15, 0.2) is 22.2 Å². The van der Waals surface area contributed by atoms with Crippen molar-refractivity contribution in [2.75, 3.05) is 0 Å². The van der Waals surface area contributed by atoms with Gasteiger partial charge in [0.1, 0.15) is 6.17 Å². The molecule has 1 atom stereocenters. The molecule has 0 saturated carbocycles. The van der Waals surface area contributed by atoms with E-state index in [1.165, 1.54) is 0 Å². The first-order chi connectivity index (χ1) is 7.63. The van der Waals surface area contributed by atoms with Crippen LogP contribution in [0.5, 0.6) is 0 Å². The third-order valence-electron chi connectivity index (χ3n) is 2.23. The average molecular weight is 220 g/mol. The highest BCUT2D eigenvalue weighted by Gasteiger charge is 2.11. The lowest BCUT2D eigenvalue weighted by atomic mass is 10.3. The number of guanidine groups is 2. The van der Waals surface area contributed by atoms with Crippen molar-refractivity contribution >= 4 is 11.9 Å². The fourth-order valence-corrected chi connectivity index (χ4v) is 1.54. The number of nitrogens with zero attached hydrogens (tertiary/aromatic N) is 2. The van der Waals surface area contributed by atoms with Gasteiger partial charge in [-0.05, 0) is 25.5 Å². The summed E-state index contributed by atoms with van der Waals surface area (Å²) in [6, 6.07) is 2.06. The van der Waals surface area contributed by atoms with Crippen molar-refractivity contribution in [3.63, 3.8) is 0 Å². The van der Waals surface area contributed by atoms with Gasteiger partial charge < -0.3 is 16.0 Å². The van der Waals surface area contributed by atoms with Crippen LogP contribution in [-0.4, -0.2) is 23.1 Å². The van der Waals surface area contributed by atoms with Gasteiger partial charge in [0.05, 0.1) is 6.54 Å². The second-order valence-electron chi connectivity index (χ2n) is 3.82. The Morgan fingerprint density at radius 3 is 3.00 bits per heavy atom. The van der Waals surface area contributed by atoms with Gasteiger partial charge in [-0.25, -0.2) is 9.98 Å². The largest absolute Gasteiger partial charge is 0.370 e. The van der Waals surface area contributed by atoms with Crippen molar-refractivity contribution in [3.8, 4) is 0 Å². The maximum atomic E-state index is 5.60. The van der Waals surface area contributed by atoms with E-state index in [0.29, 0.717) is 18.5 Å². The maximum Gasteiger partial charge on any atom is 0.200 e. The lowest BCUT2D eigenvalue weighted by Crippen LogP contribution is -2.52. The molecular formula is C10H16N6. The number of hydrogen-bond donors (Lipinski definition) is 4. The highest BCUT2D eigenvalue weighted by molar-refractivity contribution is 5.99. The van der Waals surface area contributed by atoms with Crippen molar-refractivity contribution in [1.29, 1.82) is 0 Å². The Morgan fingerprint density at radius 2 is 2.38 bits per heavy atom. The number of aromatic amines is 1. The summed E-state index contributed by atoms with van der Waals surface area (Å²) in [4.78, 5) is 11.6. The molecule has 0 saturated heterocycles. The monoisotopic (exact) mass is 220 g/mol. The molecule has 0 aliphatic carbocycles. The van der Waals surface area contributed by atoms with Gasteiger partial charge in [0.15, 0.2) is 11.9 Å². The SMILES string of the molecule is Cc1cc(CN=C2NC(N)=NC(C)N2)c[nH]1. The third kappa shape index (κ3) is 2.53. The predicted octanol–water partition coefficient (Wildman–Crippen LogP) is 0.0326. The molecule has 1 aromatic rings. The Bertz CT molecular complexity index is 430. The van der Waals surface area contributed by atoms with Gasteiger partial charge in [-0.2, -0.15) is 0 Å². The van der Waals surface area contributed by atoms with Crippen molar-refractivity contribution < 1.29 is 0 Å². The van der Waals surface area contributed by atoms with Gasteiger partial charge in [0.25, 0.3) is 0 Å². The van der Waals surface area contributed by atoms with Crippen LogP contribution in [0, 0.1) is 6.92 Å². The summed E-state index contributed by atoms with van der Waals surface area (Å²) in [5.41, 5.74) is 7.88. The summed E-state index contributed by atoms with van der Waals surface area (Å²) in [5, 5.41) is 5.97. The van der Waals surface area contributed by atoms with E-state index in [0.717, 1.165) is 11.3 Å². The first kappa shape index (κ1) is 10.5. The number of rotatable bonds is 2. The molecular weight excluding hydrogens is 204 g/mol. The van der Waals surface area contributed by atoms with Crippen molar-refractivity contribution in [1.82, 2.24) is 15.6 Å². The molecule has 1 unspecified atom stereocenters. The molecule has 2 heterocycles. The minimum atomic E-state index is -0.0343. The Kier molecular flexibility index (Phi) is 2.80. The van der Waals surface area contributed by atoms with Gasteiger partial charge in [0.2, 0.25) is 0 Å². The molecule has 0 aromatic carbocycles. The van der Waals surface area contributed by atoms with E-state index in [1.54, 1.807) is 0 Å². The number of aryl methyl sites for hydroxylation is 1. The summed E-state index contributed by atoms with van der Waals surface area (Å²) < 4.78 is 0. The number of H-pyrrole nitrogens is 1. The average Bonchev–Trinajstić information content (AvgIpc) is 2.60. The van der Waals surface area contributed by atoms with Crippen LogP contribution in [0.25, 0.3) is 0 Å². The molecule has 0 bridgehead atoms. The number of aliphatic imine (C=N–C) groups is 2. The second-order valence-corrected chi connectivity index (χ2v) is 3.82. The molecule has 0 radical (unpaired) electrons. The standard InChI is InChI=1S/C10H16N6/c1-6-3-8(4-12-6)5-13-10-15-7(2)14-9(11)16-10/h3-4,7,12H,5H2,1-2H3,(H4,11,13,14,15,16). The topological polar surface area (TPSA) is 90.6 Å². The van der Waals surface area contributed by atoms with Crippen LogP contribution in [0.3, 0.4) is 0 Å². The molecule has 6 heteroatoms. The number of nitrogens with two attached hydrogens (primary N) is 1. The van der Waals surface area contributed by atoms with Crippen LogP contribution < -0.4 is 16.4 Å². The Balaban J connectivity index is 2.00. The fraction of sp³-hybridized carbons (Fsp3) is 0.400. The van der Waals surface area contributed by atoms with Crippen LogP contribution >= 0.6 is 0 Å². The van der Waals surface area contributed by atoms with Gasteiger partial charge >= 0.3 is 0 Å². The van der Waals surface area contributed by atoms with Crippen LogP contribution in [0.2, 0.25) is 0 Å². The van der Waals surface area contributed by atoms with Crippen LogP contribution in [-0.2, 0) is 6.54 Å². The Hall–Kier alpha value is -1.98. The van der Waals surface area contributed by atoms with Gasteiger partial charge in [-0.3, -0.25) is 5.32 Å². The molecule has 5 N–H and O–H groups in total. The zero-order valence-corrected chi connectivity index (χ0v) is 9.41. The number of hydrogen-bond acceptors (Lipinski definition) is 3. The van der Waals surface area contributed by atoms with E-state index in [1.807, 2.05) is 20.0 Å². The van der Waals surface area contributed by atoms with Crippen molar-refractivity contribution in [2.24, 2.45) is 15.7 Å². The molecule has 1 aromatic heterocycles. The third-order valence-corrected chi connectivity index (χ3v) is 2.23. The summed E-state index contributed by atoms with van der Waals surface area (Å²) in [6.07, 6.45) is 1.91. The number of aromatic nitrogens is 1. The predicted molar refractivity (Wildman–Crippen MR) is 64.0 cm³/mol. The van der Waals surface area contributed by atoms with E-state index >= 15 is 0 Å². The van der Waals surface area contributed by atoms with Crippen molar-refractivity contribution in [3.05, 3.63) is 23.5 Å². The molecule has 0 spiro atoms. The maximum absolute atomic E-state index is 5.60. The zero-order chi connectivity index (χ0) is 11.5. The van der Waals surface area contributed by atoms with Gasteiger partial charge in [0, 0.05) is 11.9 Å². The van der Waals surface area contributed by atoms with Crippen LogP contribution in [0.1, 0.15) is 18.2 Å². The molecule has 1 aliphatic rings. The van der Waals surface area contributed by atoms with E-state index in [2.05, 4.69) is 31.7 Å². The zero-order valence-electron chi connectivity index (χ0n) is 9.41.